The predicted octanol–water partition coefficient (Wildman–Crippen LogP) is 3.49. The number of benzene rings is 1. The van der Waals surface area contributed by atoms with Crippen molar-refractivity contribution in [3.8, 4) is 0 Å². The first-order valence-corrected chi connectivity index (χ1v) is 13.4. The van der Waals surface area contributed by atoms with E-state index in [0.29, 0.717) is 4.57 Å². The van der Waals surface area contributed by atoms with E-state index in [4.69, 9.17) is 4.74 Å². The topological polar surface area (TPSA) is 165 Å². The maximum Gasteiger partial charge on any atom is 0.416 e. The first-order valence-electron chi connectivity index (χ1n) is 13.4. The molecule has 17 heteroatoms. The van der Waals surface area contributed by atoms with E-state index in [2.05, 4.69) is 15.6 Å². The zero-order valence-electron chi connectivity index (χ0n) is 24.4. The van der Waals surface area contributed by atoms with Crippen LogP contribution in [0.3, 0.4) is 0 Å². The second-order valence-corrected chi connectivity index (χ2v) is 9.96. The van der Waals surface area contributed by atoms with Gasteiger partial charge >= 0.3 is 18.4 Å². The SMILES string of the molecule is CNC(=O)C=CCCC(OC(=O)N(C)C)C(=O)Nc1cncn(Cc2cc3cc(F)cc(CCC(F)(F)F)c3n2C(=O)O)c1=O. The van der Waals surface area contributed by atoms with Crippen LogP contribution in [0.1, 0.15) is 30.5 Å². The van der Waals surface area contributed by atoms with Crippen molar-refractivity contribution >= 4 is 40.6 Å². The number of hydrogen-bond acceptors (Lipinski definition) is 7. The molecule has 1 unspecified atom stereocenters. The number of anilines is 1. The van der Waals surface area contributed by atoms with Crippen LogP contribution in [0.25, 0.3) is 10.9 Å². The van der Waals surface area contributed by atoms with Gasteiger partial charge in [0.2, 0.25) is 5.91 Å². The van der Waals surface area contributed by atoms with Crippen molar-refractivity contribution in [3.05, 3.63) is 70.3 Å². The summed E-state index contributed by atoms with van der Waals surface area (Å²) >= 11 is 0. The summed E-state index contributed by atoms with van der Waals surface area (Å²) in [5.74, 6) is -2.15. The molecule has 242 valence electrons. The number of alkyl halides is 3. The Morgan fingerprint density at radius 3 is 2.51 bits per heavy atom. The third-order valence-corrected chi connectivity index (χ3v) is 6.39. The Morgan fingerprint density at radius 1 is 1.18 bits per heavy atom. The number of allylic oxidation sites excluding steroid dienone is 1. The molecule has 3 rings (SSSR count). The number of nitrogens with one attached hydrogen (secondary N) is 2. The van der Waals surface area contributed by atoms with Crippen LogP contribution >= 0.6 is 0 Å². The van der Waals surface area contributed by atoms with Crippen LogP contribution in [0, 0.1) is 5.82 Å². The van der Waals surface area contributed by atoms with Crippen LogP contribution in [-0.4, -0.2) is 81.5 Å². The number of rotatable bonds is 11. The van der Waals surface area contributed by atoms with Crippen molar-refractivity contribution in [1.29, 1.82) is 0 Å². The van der Waals surface area contributed by atoms with Crippen LogP contribution in [0.4, 0.5) is 32.8 Å². The zero-order valence-corrected chi connectivity index (χ0v) is 24.4. The van der Waals surface area contributed by atoms with Gasteiger partial charge in [-0.15, -0.1) is 0 Å². The number of halogens is 4. The van der Waals surface area contributed by atoms with Crippen molar-refractivity contribution in [2.75, 3.05) is 26.5 Å². The Labute approximate surface area is 253 Å². The summed E-state index contributed by atoms with van der Waals surface area (Å²) in [6, 6.07) is 3.02. The van der Waals surface area contributed by atoms with Gasteiger partial charge in [0.05, 0.1) is 30.3 Å². The molecule has 45 heavy (non-hydrogen) atoms. The highest BCUT2D eigenvalue weighted by Gasteiger charge is 2.29. The van der Waals surface area contributed by atoms with E-state index in [9.17, 15) is 46.6 Å². The summed E-state index contributed by atoms with van der Waals surface area (Å²) in [7, 11) is 4.22. The van der Waals surface area contributed by atoms with E-state index in [-0.39, 0.29) is 46.6 Å². The fourth-order valence-corrected chi connectivity index (χ4v) is 4.28. The standard InChI is InChI=1S/C28H30F4N6O7/c1-33-22(39)7-5-4-6-21(45-27(44)36(2)3)24(40)35-20-13-34-15-37(25(20)41)14-19-12-17-11-18(29)10-16(8-9-28(30,31)32)23(17)38(19)26(42)43/h5,7,10-13,15,21H,4,6,8-9,14H2,1-3H3,(H,33,39)(H,35,40)(H,42,43). The number of carboxylic acid groups (broad SMARTS) is 1. The first kappa shape index (κ1) is 34.3. The van der Waals surface area contributed by atoms with Crippen LogP contribution in [-0.2, 0) is 27.3 Å². The Hall–Kier alpha value is -5.22. The summed E-state index contributed by atoms with van der Waals surface area (Å²) in [5.41, 5.74) is -1.65. The average Bonchev–Trinajstić information content (AvgIpc) is 3.32. The molecule has 0 aliphatic heterocycles. The normalized spacial score (nSPS) is 12.2. The highest BCUT2D eigenvalue weighted by Crippen LogP contribution is 2.29. The molecule has 2 aromatic heterocycles. The molecule has 0 spiro atoms. The molecule has 0 saturated heterocycles. The minimum absolute atomic E-state index is 0.00561. The monoisotopic (exact) mass is 638 g/mol. The molecule has 3 N–H and O–H groups in total. The van der Waals surface area contributed by atoms with Crippen molar-refractivity contribution in [1.82, 2.24) is 24.3 Å². The molecule has 1 atom stereocenters. The molecule has 3 amide bonds. The molecular weight excluding hydrogens is 608 g/mol. The minimum Gasteiger partial charge on any atom is -0.464 e. The predicted molar refractivity (Wildman–Crippen MR) is 152 cm³/mol. The van der Waals surface area contributed by atoms with Gasteiger partial charge in [-0.1, -0.05) is 6.08 Å². The largest absolute Gasteiger partial charge is 0.464 e. The fraction of sp³-hybridized carbons (Fsp3) is 0.357. The van der Waals surface area contributed by atoms with Gasteiger partial charge in [-0.2, -0.15) is 13.2 Å². The second-order valence-electron chi connectivity index (χ2n) is 9.96. The minimum atomic E-state index is -4.57. The van der Waals surface area contributed by atoms with E-state index in [1.165, 1.54) is 39.4 Å². The van der Waals surface area contributed by atoms with Crippen LogP contribution in [0.15, 0.2) is 47.7 Å². The van der Waals surface area contributed by atoms with E-state index >= 15 is 0 Å². The lowest BCUT2D eigenvalue weighted by molar-refractivity contribution is -0.134. The van der Waals surface area contributed by atoms with E-state index in [0.717, 1.165) is 34.1 Å². The molecule has 0 fully saturated rings. The average molecular weight is 639 g/mol. The van der Waals surface area contributed by atoms with Gasteiger partial charge in [0.15, 0.2) is 6.10 Å². The molecule has 0 saturated carbocycles. The number of hydrogen-bond donors (Lipinski definition) is 3. The lowest BCUT2D eigenvalue weighted by atomic mass is 10.1. The Balaban J connectivity index is 1.92. The number of ether oxygens (including phenoxy) is 1. The summed E-state index contributed by atoms with van der Waals surface area (Å²) in [6.07, 6.45) is -5.54. The number of nitrogens with zero attached hydrogens (tertiary/aromatic N) is 4. The van der Waals surface area contributed by atoms with Crippen molar-refractivity contribution in [2.24, 2.45) is 0 Å². The van der Waals surface area contributed by atoms with E-state index in [1.54, 1.807) is 0 Å². The van der Waals surface area contributed by atoms with Gasteiger partial charge < -0.3 is 25.4 Å². The smallest absolute Gasteiger partial charge is 0.416 e. The summed E-state index contributed by atoms with van der Waals surface area (Å²) in [5, 5.41) is 14.6. The second kappa shape index (κ2) is 14.5. The molecule has 1 aromatic carbocycles. The number of carbonyl (C=O) groups excluding carboxylic acids is 3. The van der Waals surface area contributed by atoms with Crippen molar-refractivity contribution in [3.63, 3.8) is 0 Å². The highest BCUT2D eigenvalue weighted by atomic mass is 19.4. The van der Waals surface area contributed by atoms with Crippen LogP contribution in [0.5, 0.6) is 0 Å². The number of aromatic nitrogens is 3. The molecule has 0 bridgehead atoms. The molecule has 0 aliphatic carbocycles. The third-order valence-electron chi connectivity index (χ3n) is 6.39. The highest BCUT2D eigenvalue weighted by molar-refractivity contribution is 5.95. The maximum absolute atomic E-state index is 14.3. The molecule has 3 aromatic rings. The molecule has 0 radical (unpaired) electrons. The van der Waals surface area contributed by atoms with Gasteiger partial charge in [0, 0.05) is 33.0 Å². The quantitative estimate of drug-likeness (QED) is 0.212. The number of fused-ring (bicyclic) bond motifs is 1. The molecule has 0 aliphatic rings. The van der Waals surface area contributed by atoms with Crippen LogP contribution in [0.2, 0.25) is 0 Å². The van der Waals surface area contributed by atoms with Crippen molar-refractivity contribution in [2.45, 2.75) is 44.5 Å². The number of likely N-dealkylation sites (N-methyl/N-ethyl adjacent to an activating group) is 1. The molecule has 13 nitrogen and oxygen atoms in total. The fourth-order valence-electron chi connectivity index (χ4n) is 4.28. The number of aryl methyl sites for hydroxylation is 1. The van der Waals surface area contributed by atoms with Gasteiger partial charge in [-0.05, 0) is 49.1 Å². The lowest BCUT2D eigenvalue weighted by Crippen LogP contribution is -2.37. The van der Waals surface area contributed by atoms with Gasteiger partial charge in [0.1, 0.15) is 11.5 Å². The Bertz CT molecular complexity index is 1680. The molecular formula is C28H30F4N6O7. The van der Waals surface area contributed by atoms with Gasteiger partial charge in [-0.3, -0.25) is 19.0 Å². The lowest BCUT2D eigenvalue weighted by Gasteiger charge is -2.19. The number of amides is 3. The third kappa shape index (κ3) is 9.14. The summed E-state index contributed by atoms with van der Waals surface area (Å²) < 4.78 is 59.8. The molecule has 2 heterocycles. The number of carbonyl (C=O) groups is 4. The van der Waals surface area contributed by atoms with E-state index < -0.39 is 61.1 Å². The zero-order chi connectivity index (χ0) is 33.5. The van der Waals surface area contributed by atoms with Gasteiger partial charge in [0.25, 0.3) is 11.5 Å². The Kier molecular flexibility index (Phi) is 11.0. The summed E-state index contributed by atoms with van der Waals surface area (Å²) in [6.45, 7) is -0.472. The van der Waals surface area contributed by atoms with Crippen molar-refractivity contribution < 1.29 is 46.6 Å². The summed E-state index contributed by atoms with van der Waals surface area (Å²) in [4.78, 5) is 67.1. The Morgan fingerprint density at radius 2 is 1.89 bits per heavy atom. The maximum atomic E-state index is 14.3. The van der Waals surface area contributed by atoms with E-state index in [1.807, 2.05) is 0 Å². The first-order chi connectivity index (χ1) is 21.1. The van der Waals surface area contributed by atoms with Gasteiger partial charge in [-0.25, -0.2) is 23.5 Å². The van der Waals surface area contributed by atoms with Crippen LogP contribution < -0.4 is 16.2 Å².